The van der Waals surface area contributed by atoms with Crippen LogP contribution < -0.4 is 10.6 Å². The number of nitrogens with one attached hydrogen (secondary N) is 2. The van der Waals surface area contributed by atoms with Crippen LogP contribution in [-0.4, -0.2) is 29.2 Å². The van der Waals surface area contributed by atoms with Crippen LogP contribution in [-0.2, 0) is 6.42 Å². The molecule has 0 aliphatic rings. The second-order valence-corrected chi connectivity index (χ2v) is 5.95. The molecule has 0 bridgehead atoms. The first-order valence-corrected chi connectivity index (χ1v) is 7.54. The lowest BCUT2D eigenvalue weighted by atomic mass is 10.3. The van der Waals surface area contributed by atoms with Crippen molar-refractivity contribution in [2.75, 3.05) is 13.1 Å². The number of aryl methyl sites for hydroxylation is 2. The van der Waals surface area contributed by atoms with Crippen LogP contribution in [0.15, 0.2) is 22.8 Å². The van der Waals surface area contributed by atoms with Gasteiger partial charge in [0.15, 0.2) is 0 Å². The second-order valence-electron chi connectivity index (χ2n) is 4.66. The Morgan fingerprint density at radius 3 is 2.90 bits per heavy atom. The molecule has 2 heterocycles. The summed E-state index contributed by atoms with van der Waals surface area (Å²) in [6.07, 6.45) is 1.40. The highest BCUT2D eigenvalue weighted by Gasteiger charge is 2.11. The van der Waals surface area contributed by atoms with Gasteiger partial charge in [0.25, 0.3) is 0 Å². The van der Waals surface area contributed by atoms with Gasteiger partial charge in [-0.2, -0.15) is 0 Å². The minimum atomic E-state index is -0.836. The maximum atomic E-state index is 11.6. The topological polar surface area (TPSA) is 87.4 Å². The second kappa shape index (κ2) is 7.24. The molecular weight excluding hydrogens is 290 g/mol. The van der Waals surface area contributed by atoms with E-state index in [1.165, 1.54) is 11.1 Å². The Morgan fingerprint density at radius 2 is 2.29 bits per heavy atom. The molecule has 0 fully saturated rings. The van der Waals surface area contributed by atoms with Crippen molar-refractivity contribution in [2.24, 2.45) is 0 Å². The summed E-state index contributed by atoms with van der Waals surface area (Å²) < 4.78 is 5.05. The molecule has 0 aliphatic heterocycles. The van der Waals surface area contributed by atoms with Crippen molar-refractivity contribution < 1.29 is 14.3 Å². The van der Waals surface area contributed by atoms with E-state index in [-0.39, 0.29) is 12.6 Å². The van der Waals surface area contributed by atoms with Crippen molar-refractivity contribution in [1.29, 1.82) is 0 Å². The predicted octanol–water partition coefficient (Wildman–Crippen LogP) is 1.93. The van der Waals surface area contributed by atoms with Crippen molar-refractivity contribution >= 4 is 17.4 Å². The molecule has 7 heteroatoms. The van der Waals surface area contributed by atoms with Gasteiger partial charge in [0.1, 0.15) is 11.9 Å². The first kappa shape index (κ1) is 15.5. The standard InChI is InChI=1S/C14H19N3O3S/c1-9-13(21-10(2)17-9)5-6-15-14(19)16-8-11(18)12-4-3-7-20-12/h3-4,7,11,18H,5-6,8H2,1-2H3,(H2,15,16,19). The Balaban J connectivity index is 1.67. The van der Waals surface area contributed by atoms with Gasteiger partial charge in [-0.25, -0.2) is 9.78 Å². The summed E-state index contributed by atoms with van der Waals surface area (Å²) >= 11 is 1.65. The molecule has 0 saturated carbocycles. The summed E-state index contributed by atoms with van der Waals surface area (Å²) in [5.74, 6) is 0.436. The van der Waals surface area contributed by atoms with Crippen LogP contribution in [0.5, 0.6) is 0 Å². The summed E-state index contributed by atoms with van der Waals surface area (Å²) in [5.41, 5.74) is 1.02. The number of hydrogen-bond acceptors (Lipinski definition) is 5. The predicted molar refractivity (Wildman–Crippen MR) is 80.4 cm³/mol. The zero-order chi connectivity index (χ0) is 15.2. The maximum absolute atomic E-state index is 11.6. The Hall–Kier alpha value is -1.86. The molecule has 0 aromatic carbocycles. The largest absolute Gasteiger partial charge is 0.467 e. The fraction of sp³-hybridized carbons (Fsp3) is 0.429. The number of hydrogen-bond donors (Lipinski definition) is 3. The number of aliphatic hydroxyl groups is 1. The van der Waals surface area contributed by atoms with Crippen LogP contribution in [0, 0.1) is 13.8 Å². The van der Waals surface area contributed by atoms with Gasteiger partial charge in [0.05, 0.1) is 23.5 Å². The lowest BCUT2D eigenvalue weighted by molar-refractivity contribution is 0.148. The average Bonchev–Trinajstić information content (AvgIpc) is 3.06. The van der Waals surface area contributed by atoms with Gasteiger partial charge in [-0.15, -0.1) is 11.3 Å². The van der Waals surface area contributed by atoms with E-state index in [9.17, 15) is 9.90 Å². The number of amides is 2. The molecule has 0 aliphatic carbocycles. The smallest absolute Gasteiger partial charge is 0.314 e. The number of carbonyl (C=O) groups excluding carboxylic acids is 1. The normalized spacial score (nSPS) is 12.1. The number of thiazole rings is 1. The number of nitrogens with zero attached hydrogens (tertiary/aromatic N) is 1. The lowest BCUT2D eigenvalue weighted by Crippen LogP contribution is -2.38. The molecule has 3 N–H and O–H groups in total. The third-order valence-corrected chi connectivity index (χ3v) is 4.10. The van der Waals surface area contributed by atoms with Gasteiger partial charge in [-0.1, -0.05) is 0 Å². The van der Waals surface area contributed by atoms with Crippen molar-refractivity contribution in [3.8, 4) is 0 Å². The van der Waals surface area contributed by atoms with Crippen LogP contribution >= 0.6 is 11.3 Å². The third-order valence-electron chi connectivity index (χ3n) is 2.96. The number of aliphatic hydroxyl groups excluding tert-OH is 1. The summed E-state index contributed by atoms with van der Waals surface area (Å²) in [7, 11) is 0. The summed E-state index contributed by atoms with van der Waals surface area (Å²) in [6.45, 7) is 4.58. The van der Waals surface area contributed by atoms with Crippen LogP contribution in [0.4, 0.5) is 4.79 Å². The lowest BCUT2D eigenvalue weighted by Gasteiger charge is -2.10. The molecule has 2 rings (SSSR count). The van der Waals surface area contributed by atoms with Crippen molar-refractivity contribution in [1.82, 2.24) is 15.6 Å². The van der Waals surface area contributed by atoms with E-state index < -0.39 is 6.10 Å². The fourth-order valence-electron chi connectivity index (χ4n) is 1.93. The Morgan fingerprint density at radius 1 is 1.48 bits per heavy atom. The third kappa shape index (κ3) is 4.57. The zero-order valence-corrected chi connectivity index (χ0v) is 12.9. The van der Waals surface area contributed by atoms with Crippen molar-refractivity contribution in [2.45, 2.75) is 26.4 Å². The van der Waals surface area contributed by atoms with Crippen LogP contribution in [0.3, 0.4) is 0 Å². The van der Waals surface area contributed by atoms with Gasteiger partial charge < -0.3 is 20.2 Å². The summed E-state index contributed by atoms with van der Waals surface area (Å²) in [5, 5.41) is 16.2. The van der Waals surface area contributed by atoms with E-state index in [1.54, 1.807) is 23.5 Å². The highest BCUT2D eigenvalue weighted by Crippen LogP contribution is 2.17. The highest BCUT2D eigenvalue weighted by molar-refractivity contribution is 7.11. The van der Waals surface area contributed by atoms with Gasteiger partial charge in [0.2, 0.25) is 0 Å². The molecule has 21 heavy (non-hydrogen) atoms. The summed E-state index contributed by atoms with van der Waals surface area (Å²) in [4.78, 5) is 17.1. The number of carbonyl (C=O) groups is 1. The van der Waals surface area contributed by atoms with E-state index in [0.717, 1.165) is 17.1 Å². The molecule has 2 aromatic heterocycles. The molecule has 0 radical (unpaired) electrons. The minimum absolute atomic E-state index is 0.109. The molecule has 1 atom stereocenters. The van der Waals surface area contributed by atoms with Gasteiger partial charge in [0, 0.05) is 17.8 Å². The average molecular weight is 309 g/mol. The van der Waals surface area contributed by atoms with E-state index >= 15 is 0 Å². The molecule has 6 nitrogen and oxygen atoms in total. The van der Waals surface area contributed by atoms with Crippen molar-refractivity contribution in [3.05, 3.63) is 39.7 Å². The van der Waals surface area contributed by atoms with E-state index in [2.05, 4.69) is 15.6 Å². The Kier molecular flexibility index (Phi) is 5.35. The van der Waals surface area contributed by atoms with E-state index in [1.807, 2.05) is 13.8 Å². The molecular formula is C14H19N3O3S. The Bertz CT molecular complexity index is 580. The van der Waals surface area contributed by atoms with Gasteiger partial charge in [-0.05, 0) is 26.0 Å². The first-order valence-electron chi connectivity index (χ1n) is 6.72. The molecule has 2 aromatic rings. The van der Waals surface area contributed by atoms with Crippen LogP contribution in [0.1, 0.15) is 27.4 Å². The van der Waals surface area contributed by atoms with Crippen LogP contribution in [0.25, 0.3) is 0 Å². The highest BCUT2D eigenvalue weighted by atomic mass is 32.1. The Labute approximate surface area is 127 Å². The minimum Gasteiger partial charge on any atom is -0.467 e. The van der Waals surface area contributed by atoms with Gasteiger partial charge >= 0.3 is 6.03 Å². The van der Waals surface area contributed by atoms with E-state index in [0.29, 0.717) is 12.3 Å². The number of aromatic nitrogens is 1. The number of furan rings is 1. The monoisotopic (exact) mass is 309 g/mol. The molecule has 114 valence electrons. The SMILES string of the molecule is Cc1nc(C)c(CCNC(=O)NCC(O)c2ccco2)s1. The summed E-state index contributed by atoms with van der Waals surface area (Å²) in [6, 6.07) is 3.05. The molecule has 1 unspecified atom stereocenters. The molecule has 0 saturated heterocycles. The first-order chi connectivity index (χ1) is 10.1. The van der Waals surface area contributed by atoms with Crippen LogP contribution in [0.2, 0.25) is 0 Å². The van der Waals surface area contributed by atoms with Crippen molar-refractivity contribution in [3.63, 3.8) is 0 Å². The zero-order valence-electron chi connectivity index (χ0n) is 12.0. The quantitative estimate of drug-likeness (QED) is 0.761. The molecule has 2 amide bonds. The van der Waals surface area contributed by atoms with E-state index in [4.69, 9.17) is 4.42 Å². The fourth-order valence-corrected chi connectivity index (χ4v) is 2.86. The number of urea groups is 1. The molecule has 0 spiro atoms. The maximum Gasteiger partial charge on any atom is 0.314 e. The number of rotatable bonds is 6. The van der Waals surface area contributed by atoms with Gasteiger partial charge in [-0.3, -0.25) is 0 Å².